The minimum atomic E-state index is -0.596. The predicted octanol–water partition coefficient (Wildman–Crippen LogP) is 3.74. The number of carbonyl (C=O) groups excluding carboxylic acids is 2. The van der Waals surface area contributed by atoms with Crippen LogP contribution in [0.15, 0.2) is 48.5 Å². The van der Waals surface area contributed by atoms with Crippen LogP contribution in [0.1, 0.15) is 6.42 Å². The SMILES string of the molecule is O=C1C[C@H](Nc2ccccc2)C(=O)N1c1ccc(Cl)cc1Cl. The highest BCUT2D eigenvalue weighted by Crippen LogP contribution is 2.32. The van der Waals surface area contributed by atoms with E-state index in [9.17, 15) is 9.59 Å². The van der Waals surface area contributed by atoms with Gasteiger partial charge in [0.05, 0.1) is 17.1 Å². The smallest absolute Gasteiger partial charge is 0.256 e. The zero-order valence-electron chi connectivity index (χ0n) is 11.4. The molecule has 1 aliphatic rings. The van der Waals surface area contributed by atoms with E-state index in [1.165, 1.54) is 6.07 Å². The number of halogens is 2. The Morgan fingerprint density at radius 3 is 2.45 bits per heavy atom. The van der Waals surface area contributed by atoms with Crippen LogP contribution in [0.5, 0.6) is 0 Å². The van der Waals surface area contributed by atoms with E-state index in [0.29, 0.717) is 10.7 Å². The monoisotopic (exact) mass is 334 g/mol. The molecule has 1 fully saturated rings. The molecule has 1 aliphatic heterocycles. The number of nitrogens with one attached hydrogen (secondary N) is 1. The second kappa shape index (κ2) is 5.99. The summed E-state index contributed by atoms with van der Waals surface area (Å²) in [5, 5.41) is 3.79. The molecular weight excluding hydrogens is 323 g/mol. The van der Waals surface area contributed by atoms with Crippen molar-refractivity contribution in [3.8, 4) is 0 Å². The van der Waals surface area contributed by atoms with Gasteiger partial charge in [0.2, 0.25) is 5.91 Å². The van der Waals surface area contributed by atoms with Gasteiger partial charge < -0.3 is 5.32 Å². The van der Waals surface area contributed by atoms with Crippen LogP contribution < -0.4 is 10.2 Å². The normalized spacial score (nSPS) is 17.9. The van der Waals surface area contributed by atoms with E-state index in [1.807, 2.05) is 30.3 Å². The van der Waals surface area contributed by atoms with Gasteiger partial charge in [0, 0.05) is 10.7 Å². The summed E-state index contributed by atoms with van der Waals surface area (Å²) in [6.45, 7) is 0. The molecule has 1 saturated heterocycles. The summed E-state index contributed by atoms with van der Waals surface area (Å²) in [5.74, 6) is -0.610. The van der Waals surface area contributed by atoms with E-state index in [-0.39, 0.29) is 23.3 Å². The quantitative estimate of drug-likeness (QED) is 0.870. The van der Waals surface area contributed by atoms with Gasteiger partial charge in [-0.15, -0.1) is 0 Å². The van der Waals surface area contributed by atoms with Gasteiger partial charge in [-0.3, -0.25) is 9.59 Å². The lowest BCUT2D eigenvalue weighted by molar-refractivity contribution is -0.121. The molecule has 4 nitrogen and oxygen atoms in total. The average Bonchev–Trinajstić information content (AvgIpc) is 2.75. The Morgan fingerprint density at radius 1 is 1.05 bits per heavy atom. The predicted molar refractivity (Wildman–Crippen MR) is 87.4 cm³/mol. The van der Waals surface area contributed by atoms with E-state index in [4.69, 9.17) is 23.2 Å². The highest BCUT2D eigenvalue weighted by Gasteiger charge is 2.40. The van der Waals surface area contributed by atoms with Gasteiger partial charge in [-0.25, -0.2) is 4.90 Å². The molecular formula is C16H12Cl2N2O2. The van der Waals surface area contributed by atoms with E-state index in [1.54, 1.807) is 12.1 Å². The first-order valence-electron chi connectivity index (χ1n) is 6.69. The fourth-order valence-electron chi connectivity index (χ4n) is 2.40. The van der Waals surface area contributed by atoms with Crippen molar-refractivity contribution >= 4 is 46.4 Å². The van der Waals surface area contributed by atoms with E-state index in [0.717, 1.165) is 10.6 Å². The molecule has 22 heavy (non-hydrogen) atoms. The van der Waals surface area contributed by atoms with Gasteiger partial charge in [-0.05, 0) is 30.3 Å². The molecule has 3 rings (SSSR count). The van der Waals surface area contributed by atoms with Crippen molar-refractivity contribution in [2.75, 3.05) is 10.2 Å². The largest absolute Gasteiger partial charge is 0.373 e. The number of carbonyl (C=O) groups is 2. The van der Waals surface area contributed by atoms with Crippen molar-refractivity contribution < 1.29 is 9.59 Å². The third-order valence-electron chi connectivity index (χ3n) is 3.41. The van der Waals surface area contributed by atoms with Crippen LogP contribution in [-0.2, 0) is 9.59 Å². The van der Waals surface area contributed by atoms with Crippen LogP contribution >= 0.6 is 23.2 Å². The van der Waals surface area contributed by atoms with Crippen LogP contribution in [0.3, 0.4) is 0 Å². The Bertz CT molecular complexity index is 734. The summed E-state index contributed by atoms with van der Waals surface area (Å²) in [5.41, 5.74) is 1.15. The van der Waals surface area contributed by atoms with Gasteiger partial charge in [-0.2, -0.15) is 0 Å². The number of amides is 2. The van der Waals surface area contributed by atoms with Crippen LogP contribution in [0.2, 0.25) is 10.0 Å². The topological polar surface area (TPSA) is 49.4 Å². The van der Waals surface area contributed by atoms with Crippen LogP contribution in [-0.4, -0.2) is 17.9 Å². The van der Waals surface area contributed by atoms with Crippen molar-refractivity contribution in [2.45, 2.75) is 12.5 Å². The molecule has 112 valence electrons. The highest BCUT2D eigenvalue weighted by molar-refractivity contribution is 6.38. The molecule has 6 heteroatoms. The molecule has 2 amide bonds. The van der Waals surface area contributed by atoms with E-state index in [2.05, 4.69) is 5.32 Å². The Balaban J connectivity index is 1.85. The van der Waals surface area contributed by atoms with E-state index >= 15 is 0 Å². The summed E-state index contributed by atoms with van der Waals surface area (Å²) in [6, 6.07) is 13.4. The molecule has 1 N–H and O–H groups in total. The molecule has 0 bridgehead atoms. The second-order valence-corrected chi connectivity index (χ2v) is 5.77. The Labute approximate surface area is 137 Å². The number of imide groups is 1. The maximum absolute atomic E-state index is 12.5. The van der Waals surface area contributed by atoms with E-state index < -0.39 is 6.04 Å². The molecule has 0 aliphatic carbocycles. The lowest BCUT2D eigenvalue weighted by Crippen LogP contribution is -2.35. The number of anilines is 2. The number of hydrogen-bond acceptors (Lipinski definition) is 3. The lowest BCUT2D eigenvalue weighted by atomic mass is 10.2. The van der Waals surface area contributed by atoms with Crippen molar-refractivity contribution in [2.24, 2.45) is 0 Å². The maximum atomic E-state index is 12.5. The van der Waals surface area contributed by atoms with Crippen molar-refractivity contribution in [1.29, 1.82) is 0 Å². The molecule has 2 aromatic carbocycles. The molecule has 0 spiro atoms. The van der Waals surface area contributed by atoms with Gasteiger partial charge >= 0.3 is 0 Å². The van der Waals surface area contributed by atoms with Crippen molar-refractivity contribution in [1.82, 2.24) is 0 Å². The number of rotatable bonds is 3. The van der Waals surface area contributed by atoms with Gasteiger partial charge in [0.25, 0.3) is 5.91 Å². The van der Waals surface area contributed by atoms with Gasteiger partial charge in [-0.1, -0.05) is 41.4 Å². The second-order valence-electron chi connectivity index (χ2n) is 4.93. The van der Waals surface area contributed by atoms with Crippen LogP contribution in [0, 0.1) is 0 Å². The minimum absolute atomic E-state index is 0.0900. The zero-order valence-corrected chi connectivity index (χ0v) is 12.9. The number of para-hydroxylation sites is 1. The fraction of sp³-hybridized carbons (Fsp3) is 0.125. The maximum Gasteiger partial charge on any atom is 0.256 e. The first kappa shape index (κ1) is 14.9. The molecule has 1 atom stereocenters. The lowest BCUT2D eigenvalue weighted by Gasteiger charge is -2.17. The van der Waals surface area contributed by atoms with Crippen molar-refractivity contribution in [3.63, 3.8) is 0 Å². The standard InChI is InChI=1S/C16H12Cl2N2O2/c17-10-6-7-14(12(18)8-10)20-15(21)9-13(16(20)22)19-11-4-2-1-3-5-11/h1-8,13,19H,9H2/t13-/m0/s1. The summed E-state index contributed by atoms with van der Waals surface area (Å²) < 4.78 is 0. The Morgan fingerprint density at radius 2 is 1.77 bits per heavy atom. The first-order valence-corrected chi connectivity index (χ1v) is 7.45. The Kier molecular flexibility index (Phi) is 4.05. The number of hydrogen-bond donors (Lipinski definition) is 1. The molecule has 0 radical (unpaired) electrons. The third kappa shape index (κ3) is 2.80. The minimum Gasteiger partial charge on any atom is -0.373 e. The summed E-state index contributed by atoms with van der Waals surface area (Å²) in [4.78, 5) is 25.8. The molecule has 0 aromatic heterocycles. The summed E-state index contributed by atoms with van der Waals surface area (Å²) >= 11 is 11.9. The molecule has 2 aromatic rings. The van der Waals surface area contributed by atoms with Crippen LogP contribution in [0.4, 0.5) is 11.4 Å². The van der Waals surface area contributed by atoms with Gasteiger partial charge in [0.1, 0.15) is 6.04 Å². The highest BCUT2D eigenvalue weighted by atomic mass is 35.5. The molecule has 0 unspecified atom stereocenters. The molecule has 0 saturated carbocycles. The number of nitrogens with zero attached hydrogens (tertiary/aromatic N) is 1. The van der Waals surface area contributed by atoms with Gasteiger partial charge in [0.15, 0.2) is 0 Å². The first-order chi connectivity index (χ1) is 10.6. The Hall–Kier alpha value is -2.04. The number of benzene rings is 2. The zero-order chi connectivity index (χ0) is 15.7. The third-order valence-corrected chi connectivity index (χ3v) is 3.95. The molecule has 1 heterocycles. The fourth-order valence-corrected chi connectivity index (χ4v) is 2.89. The average molecular weight is 335 g/mol. The summed E-state index contributed by atoms with van der Waals surface area (Å²) in [6.07, 6.45) is 0.0900. The van der Waals surface area contributed by atoms with Crippen molar-refractivity contribution in [3.05, 3.63) is 58.6 Å². The summed E-state index contributed by atoms with van der Waals surface area (Å²) in [7, 11) is 0. The van der Waals surface area contributed by atoms with Crippen LogP contribution in [0.25, 0.3) is 0 Å².